The molecule has 2 aromatic rings. The van der Waals surface area contributed by atoms with Crippen molar-refractivity contribution < 1.29 is 13.9 Å². The average molecular weight is 333 g/mol. The van der Waals surface area contributed by atoms with Gasteiger partial charge in [-0.1, -0.05) is 0 Å². The van der Waals surface area contributed by atoms with Crippen LogP contribution in [0.4, 0.5) is 0 Å². The van der Waals surface area contributed by atoms with Gasteiger partial charge in [0.1, 0.15) is 11.5 Å². The number of hydrogen-bond donors (Lipinski definition) is 0. The lowest BCUT2D eigenvalue weighted by atomic mass is 10.0. The minimum atomic E-state index is 0.117. The molecule has 0 unspecified atom stereocenters. The van der Waals surface area contributed by atoms with Crippen LogP contribution in [0.15, 0.2) is 28.7 Å². The third kappa shape index (κ3) is 3.51. The Morgan fingerprint density at radius 3 is 2.57 bits per heavy atom. The number of nitrogens with zero attached hydrogens (tertiary/aromatic N) is 1. The summed E-state index contributed by atoms with van der Waals surface area (Å²) in [5, 5.41) is 0. The SMILES string of the molecule is Cc1ccc(-c2ccc(C(=O)N(C(C)C)C3CCOCC3)s2)o1. The second kappa shape index (κ2) is 6.89. The van der Waals surface area contributed by atoms with Gasteiger partial charge in [0.15, 0.2) is 0 Å². The van der Waals surface area contributed by atoms with Crippen LogP contribution >= 0.6 is 11.3 Å². The smallest absolute Gasteiger partial charge is 0.264 e. The summed E-state index contributed by atoms with van der Waals surface area (Å²) in [6.45, 7) is 7.56. The fourth-order valence-corrected chi connectivity index (χ4v) is 3.98. The second-order valence-electron chi connectivity index (χ2n) is 6.22. The molecule has 0 radical (unpaired) electrons. The maximum Gasteiger partial charge on any atom is 0.264 e. The lowest BCUT2D eigenvalue weighted by molar-refractivity contribution is 0.0209. The number of hydrogen-bond acceptors (Lipinski definition) is 4. The first-order valence-electron chi connectivity index (χ1n) is 8.13. The summed E-state index contributed by atoms with van der Waals surface area (Å²) in [6.07, 6.45) is 1.83. The van der Waals surface area contributed by atoms with Crippen LogP contribution in [0.3, 0.4) is 0 Å². The van der Waals surface area contributed by atoms with Crippen molar-refractivity contribution in [2.45, 2.75) is 45.7 Å². The van der Waals surface area contributed by atoms with E-state index >= 15 is 0 Å². The summed E-state index contributed by atoms with van der Waals surface area (Å²) >= 11 is 1.50. The van der Waals surface area contributed by atoms with E-state index in [0.29, 0.717) is 0 Å². The van der Waals surface area contributed by atoms with Crippen molar-refractivity contribution in [1.82, 2.24) is 4.90 Å². The van der Waals surface area contributed by atoms with Crippen LogP contribution in [0.1, 0.15) is 42.1 Å². The molecule has 124 valence electrons. The maximum atomic E-state index is 13.0. The fourth-order valence-electron chi connectivity index (χ4n) is 3.06. The molecule has 1 aliphatic heterocycles. The summed E-state index contributed by atoms with van der Waals surface area (Å²) in [5.41, 5.74) is 0. The molecule has 0 aromatic carbocycles. The number of ether oxygens (including phenoxy) is 1. The molecule has 2 aromatic heterocycles. The highest BCUT2D eigenvalue weighted by Gasteiger charge is 2.29. The number of amides is 1. The molecular formula is C18H23NO3S. The van der Waals surface area contributed by atoms with Gasteiger partial charge in [-0.05, 0) is 57.9 Å². The van der Waals surface area contributed by atoms with E-state index < -0.39 is 0 Å². The van der Waals surface area contributed by atoms with Gasteiger partial charge >= 0.3 is 0 Å². The number of rotatable bonds is 4. The Bertz CT molecular complexity index is 667. The molecule has 0 saturated carbocycles. The molecule has 0 spiro atoms. The van der Waals surface area contributed by atoms with E-state index in [1.165, 1.54) is 11.3 Å². The first kappa shape index (κ1) is 16.3. The zero-order valence-electron chi connectivity index (χ0n) is 13.9. The van der Waals surface area contributed by atoms with Gasteiger partial charge in [-0.2, -0.15) is 0 Å². The number of carbonyl (C=O) groups is 1. The molecule has 1 saturated heterocycles. The summed E-state index contributed by atoms with van der Waals surface area (Å²) in [5.74, 6) is 1.83. The molecule has 0 atom stereocenters. The van der Waals surface area contributed by atoms with Gasteiger partial charge in [0.2, 0.25) is 0 Å². The van der Waals surface area contributed by atoms with Crippen LogP contribution in [-0.2, 0) is 4.74 Å². The molecule has 1 fully saturated rings. The number of furan rings is 1. The Labute approximate surface area is 141 Å². The molecule has 23 heavy (non-hydrogen) atoms. The highest BCUT2D eigenvalue weighted by Crippen LogP contribution is 2.31. The van der Waals surface area contributed by atoms with Crippen molar-refractivity contribution in [3.05, 3.63) is 34.9 Å². The van der Waals surface area contributed by atoms with Gasteiger partial charge in [-0.15, -0.1) is 11.3 Å². The molecule has 0 aliphatic carbocycles. The molecular weight excluding hydrogens is 310 g/mol. The van der Waals surface area contributed by atoms with E-state index in [2.05, 4.69) is 13.8 Å². The lowest BCUT2D eigenvalue weighted by Gasteiger charge is -2.37. The van der Waals surface area contributed by atoms with Crippen molar-refractivity contribution >= 4 is 17.2 Å². The van der Waals surface area contributed by atoms with Crippen LogP contribution in [0.25, 0.3) is 10.6 Å². The van der Waals surface area contributed by atoms with Crippen LogP contribution in [0, 0.1) is 6.92 Å². The third-order valence-corrected chi connectivity index (χ3v) is 5.26. The van der Waals surface area contributed by atoms with Crippen molar-refractivity contribution in [3.8, 4) is 10.6 Å². The first-order chi connectivity index (χ1) is 11.1. The van der Waals surface area contributed by atoms with E-state index in [0.717, 1.165) is 47.3 Å². The van der Waals surface area contributed by atoms with Gasteiger partial charge in [0.25, 0.3) is 5.91 Å². The molecule has 0 bridgehead atoms. The zero-order chi connectivity index (χ0) is 16.4. The van der Waals surface area contributed by atoms with E-state index in [1.54, 1.807) is 0 Å². The number of carbonyl (C=O) groups excluding carboxylic acids is 1. The van der Waals surface area contributed by atoms with Crippen molar-refractivity contribution in [2.24, 2.45) is 0 Å². The van der Waals surface area contributed by atoms with Crippen LogP contribution in [0.5, 0.6) is 0 Å². The average Bonchev–Trinajstić information content (AvgIpc) is 3.16. The van der Waals surface area contributed by atoms with E-state index in [1.807, 2.05) is 36.1 Å². The molecule has 1 amide bonds. The van der Waals surface area contributed by atoms with Gasteiger partial charge in [0, 0.05) is 25.3 Å². The predicted octanol–water partition coefficient (Wildman–Crippen LogP) is 4.35. The molecule has 4 nitrogen and oxygen atoms in total. The Kier molecular flexibility index (Phi) is 4.87. The second-order valence-corrected chi connectivity index (χ2v) is 7.31. The largest absolute Gasteiger partial charge is 0.461 e. The number of aryl methyl sites for hydroxylation is 1. The number of thiophene rings is 1. The van der Waals surface area contributed by atoms with Crippen molar-refractivity contribution in [3.63, 3.8) is 0 Å². The lowest BCUT2D eigenvalue weighted by Crippen LogP contribution is -2.47. The molecule has 1 aliphatic rings. The Balaban J connectivity index is 1.81. The highest BCUT2D eigenvalue weighted by atomic mass is 32.1. The fraction of sp³-hybridized carbons (Fsp3) is 0.500. The quantitative estimate of drug-likeness (QED) is 0.835. The monoisotopic (exact) mass is 333 g/mol. The van der Waals surface area contributed by atoms with Gasteiger partial charge < -0.3 is 14.1 Å². The van der Waals surface area contributed by atoms with Crippen LogP contribution in [-0.4, -0.2) is 36.1 Å². The Morgan fingerprint density at radius 1 is 1.22 bits per heavy atom. The molecule has 3 heterocycles. The van der Waals surface area contributed by atoms with Gasteiger partial charge in [-0.3, -0.25) is 4.79 Å². The van der Waals surface area contributed by atoms with Gasteiger partial charge in [-0.25, -0.2) is 0 Å². The molecule has 5 heteroatoms. The minimum absolute atomic E-state index is 0.117. The summed E-state index contributed by atoms with van der Waals surface area (Å²) in [4.78, 5) is 16.8. The molecule has 0 N–H and O–H groups in total. The Hall–Kier alpha value is -1.59. The van der Waals surface area contributed by atoms with Gasteiger partial charge in [0.05, 0.1) is 9.75 Å². The minimum Gasteiger partial charge on any atom is -0.461 e. The Morgan fingerprint density at radius 2 is 1.96 bits per heavy atom. The van der Waals surface area contributed by atoms with E-state index in [9.17, 15) is 4.79 Å². The third-order valence-electron chi connectivity index (χ3n) is 4.18. The normalized spacial score (nSPS) is 16.0. The first-order valence-corrected chi connectivity index (χ1v) is 8.95. The predicted molar refractivity (Wildman–Crippen MR) is 91.9 cm³/mol. The topological polar surface area (TPSA) is 42.7 Å². The van der Waals surface area contributed by atoms with E-state index in [-0.39, 0.29) is 18.0 Å². The van der Waals surface area contributed by atoms with Crippen molar-refractivity contribution in [2.75, 3.05) is 13.2 Å². The zero-order valence-corrected chi connectivity index (χ0v) is 14.7. The summed E-state index contributed by atoms with van der Waals surface area (Å²) in [7, 11) is 0. The van der Waals surface area contributed by atoms with Crippen molar-refractivity contribution in [1.29, 1.82) is 0 Å². The summed E-state index contributed by atoms with van der Waals surface area (Å²) < 4.78 is 11.1. The highest BCUT2D eigenvalue weighted by molar-refractivity contribution is 7.17. The maximum absolute atomic E-state index is 13.0. The van der Waals surface area contributed by atoms with Crippen LogP contribution in [0.2, 0.25) is 0 Å². The summed E-state index contributed by atoms with van der Waals surface area (Å²) in [6, 6.07) is 8.23. The van der Waals surface area contributed by atoms with E-state index in [4.69, 9.17) is 9.15 Å². The standard InChI is InChI=1S/C18H23NO3S/c1-12(2)19(14-8-10-21-11-9-14)18(20)17-7-6-16(23-17)15-5-4-13(3)22-15/h4-7,12,14H,8-11H2,1-3H3. The molecule has 3 rings (SSSR count). The van der Waals surface area contributed by atoms with Crippen LogP contribution < -0.4 is 0 Å².